The second-order valence-corrected chi connectivity index (χ2v) is 9.29. The van der Waals surface area contributed by atoms with E-state index >= 15 is 0 Å². The van der Waals surface area contributed by atoms with Gasteiger partial charge in [-0.3, -0.25) is 19.4 Å². The van der Waals surface area contributed by atoms with Crippen molar-refractivity contribution in [3.05, 3.63) is 70.8 Å². The van der Waals surface area contributed by atoms with Crippen molar-refractivity contribution >= 4 is 17.8 Å². The quantitative estimate of drug-likeness (QED) is 0.471. The molecule has 9 heteroatoms. The van der Waals surface area contributed by atoms with Crippen LogP contribution >= 0.6 is 0 Å². The average Bonchev–Trinajstić information content (AvgIpc) is 3.53. The number of carbonyl (C=O) groups is 3. The van der Waals surface area contributed by atoms with E-state index in [4.69, 9.17) is 0 Å². The van der Waals surface area contributed by atoms with Gasteiger partial charge in [0.1, 0.15) is 6.42 Å². The third kappa shape index (κ3) is 4.00. The summed E-state index contributed by atoms with van der Waals surface area (Å²) in [5.74, 6) is -5.67. The maximum Gasteiger partial charge on any atom is 0.333 e. The van der Waals surface area contributed by atoms with E-state index < -0.39 is 58.4 Å². The summed E-state index contributed by atoms with van der Waals surface area (Å²) in [6.45, 7) is 2.60. The maximum absolute atomic E-state index is 14.4. The Labute approximate surface area is 188 Å². The Bertz CT molecular complexity index is 1080. The average molecular weight is 462 g/mol. The van der Waals surface area contributed by atoms with E-state index in [1.807, 2.05) is 0 Å². The first-order valence-corrected chi connectivity index (χ1v) is 10.5. The molecule has 5 nitrogen and oxygen atoms in total. The second-order valence-electron chi connectivity index (χ2n) is 9.29. The van der Waals surface area contributed by atoms with E-state index in [2.05, 4.69) is 0 Å². The molecule has 1 aliphatic carbocycles. The normalized spacial score (nSPS) is 18.2. The maximum atomic E-state index is 14.4. The van der Waals surface area contributed by atoms with Gasteiger partial charge in [-0.1, -0.05) is 38.1 Å². The first kappa shape index (κ1) is 22.9. The van der Waals surface area contributed by atoms with Gasteiger partial charge in [0.25, 0.3) is 0 Å². The summed E-state index contributed by atoms with van der Waals surface area (Å²) in [7, 11) is 0. The number of nitrogens with zero attached hydrogens (tertiary/aromatic N) is 2. The van der Waals surface area contributed by atoms with Crippen molar-refractivity contribution in [2.45, 2.75) is 43.9 Å². The van der Waals surface area contributed by atoms with Crippen LogP contribution in [0.3, 0.4) is 0 Å². The van der Waals surface area contributed by atoms with Crippen LogP contribution in [0.15, 0.2) is 36.4 Å². The summed E-state index contributed by atoms with van der Waals surface area (Å²) in [4.78, 5) is 40.0. The third-order valence-corrected chi connectivity index (χ3v) is 6.44. The number of carbonyl (C=O) groups excluding carboxylic acids is 3. The highest BCUT2D eigenvalue weighted by atomic mass is 19.2. The predicted molar refractivity (Wildman–Crippen MR) is 110 cm³/mol. The highest BCUT2D eigenvalue weighted by molar-refractivity contribution is 6.14. The monoisotopic (exact) mass is 462 g/mol. The molecule has 1 saturated carbocycles. The summed E-state index contributed by atoms with van der Waals surface area (Å²) in [6, 6.07) is 6.52. The Morgan fingerprint density at radius 2 is 1.42 bits per heavy atom. The van der Waals surface area contributed by atoms with Gasteiger partial charge < -0.3 is 0 Å². The SMILES string of the molecule is CC(C)(CN1C(=O)CC(=O)N(CC2(c3cccc(F)c3F)CC2)C1=O)c1cccc(F)c1F. The van der Waals surface area contributed by atoms with Crippen LogP contribution in [0.25, 0.3) is 0 Å². The predicted octanol–water partition coefficient (Wildman–Crippen LogP) is 4.43. The molecule has 0 N–H and O–H groups in total. The van der Waals surface area contributed by atoms with Crippen LogP contribution in [-0.4, -0.2) is 40.7 Å². The zero-order valence-corrected chi connectivity index (χ0v) is 18.1. The molecule has 2 aromatic carbocycles. The van der Waals surface area contributed by atoms with Gasteiger partial charge in [0.2, 0.25) is 11.8 Å². The number of hydrogen-bond acceptors (Lipinski definition) is 3. The Morgan fingerprint density at radius 1 is 0.848 bits per heavy atom. The van der Waals surface area contributed by atoms with Crippen LogP contribution in [0, 0.1) is 23.3 Å². The van der Waals surface area contributed by atoms with Crippen molar-refractivity contribution in [1.29, 1.82) is 0 Å². The lowest BCUT2D eigenvalue weighted by Crippen LogP contribution is -2.58. The first-order chi connectivity index (χ1) is 15.5. The molecule has 0 atom stereocenters. The van der Waals surface area contributed by atoms with E-state index in [9.17, 15) is 31.9 Å². The molecule has 2 fully saturated rings. The van der Waals surface area contributed by atoms with Crippen LogP contribution in [0.4, 0.5) is 22.4 Å². The van der Waals surface area contributed by atoms with E-state index in [0.29, 0.717) is 12.8 Å². The number of benzene rings is 2. The molecule has 0 bridgehead atoms. The number of barbiturate groups is 1. The van der Waals surface area contributed by atoms with Crippen molar-refractivity contribution in [2.75, 3.05) is 13.1 Å². The van der Waals surface area contributed by atoms with Gasteiger partial charge in [0.05, 0.1) is 0 Å². The summed E-state index contributed by atoms with van der Waals surface area (Å²) >= 11 is 0. The fourth-order valence-corrected chi connectivity index (χ4v) is 4.38. The van der Waals surface area contributed by atoms with Crippen molar-refractivity contribution in [3.8, 4) is 0 Å². The number of amides is 4. The lowest BCUT2D eigenvalue weighted by atomic mass is 9.83. The summed E-state index contributed by atoms with van der Waals surface area (Å²) in [6.07, 6.45) is 0.298. The molecule has 1 saturated heterocycles. The molecule has 174 valence electrons. The molecule has 2 aliphatic rings. The van der Waals surface area contributed by atoms with E-state index in [-0.39, 0.29) is 24.2 Å². The van der Waals surface area contributed by atoms with Crippen LogP contribution in [0.1, 0.15) is 44.2 Å². The molecule has 4 amide bonds. The van der Waals surface area contributed by atoms with Crippen molar-refractivity contribution in [3.63, 3.8) is 0 Å². The zero-order chi connectivity index (χ0) is 24.1. The molecular formula is C24H22F4N2O3. The molecule has 1 aliphatic heterocycles. The van der Waals surface area contributed by atoms with E-state index in [0.717, 1.165) is 21.9 Å². The molecular weight excluding hydrogens is 440 g/mol. The molecule has 0 radical (unpaired) electrons. The Morgan fingerprint density at radius 3 is 2.06 bits per heavy atom. The molecule has 2 aromatic rings. The minimum Gasteiger partial charge on any atom is -0.274 e. The topological polar surface area (TPSA) is 57.7 Å². The molecule has 1 heterocycles. The standard InChI is InChI=1S/C24H22F4N2O3/c1-23(2,14-5-3-7-16(25)20(14)27)12-29-18(31)11-19(32)30(22(29)33)13-24(9-10-24)15-6-4-8-17(26)21(15)28/h3-8H,9-13H2,1-2H3. The van der Waals surface area contributed by atoms with Gasteiger partial charge in [-0.25, -0.2) is 22.4 Å². The summed E-state index contributed by atoms with van der Waals surface area (Å²) in [5.41, 5.74) is -2.02. The number of urea groups is 1. The number of halogens is 4. The zero-order valence-electron chi connectivity index (χ0n) is 18.1. The van der Waals surface area contributed by atoms with Crippen molar-refractivity contribution in [2.24, 2.45) is 0 Å². The minimum absolute atomic E-state index is 0.0213. The number of rotatable bonds is 6. The van der Waals surface area contributed by atoms with Crippen molar-refractivity contribution < 1.29 is 31.9 Å². The lowest BCUT2D eigenvalue weighted by Gasteiger charge is -2.38. The smallest absolute Gasteiger partial charge is 0.274 e. The lowest BCUT2D eigenvalue weighted by molar-refractivity contribution is -0.143. The highest BCUT2D eigenvalue weighted by Crippen LogP contribution is 2.50. The third-order valence-electron chi connectivity index (χ3n) is 6.44. The first-order valence-electron chi connectivity index (χ1n) is 10.5. The summed E-state index contributed by atoms with van der Waals surface area (Å²) < 4.78 is 56.3. The van der Waals surface area contributed by atoms with Crippen molar-refractivity contribution in [1.82, 2.24) is 9.80 Å². The molecule has 0 unspecified atom stereocenters. The van der Waals surface area contributed by atoms with Gasteiger partial charge in [0, 0.05) is 23.9 Å². The Kier molecular flexibility index (Phi) is 5.54. The molecule has 4 rings (SSSR count). The minimum atomic E-state index is -1.16. The van der Waals surface area contributed by atoms with Crippen LogP contribution in [0.2, 0.25) is 0 Å². The Hall–Kier alpha value is -3.23. The van der Waals surface area contributed by atoms with Crippen LogP contribution < -0.4 is 0 Å². The fraction of sp³-hybridized carbons (Fsp3) is 0.375. The van der Waals surface area contributed by atoms with Gasteiger partial charge in [-0.2, -0.15) is 0 Å². The molecule has 33 heavy (non-hydrogen) atoms. The fourth-order valence-electron chi connectivity index (χ4n) is 4.38. The van der Waals surface area contributed by atoms with Gasteiger partial charge in [0.15, 0.2) is 23.3 Å². The Balaban J connectivity index is 1.60. The van der Waals surface area contributed by atoms with Gasteiger partial charge in [-0.05, 0) is 36.1 Å². The largest absolute Gasteiger partial charge is 0.333 e. The van der Waals surface area contributed by atoms with Crippen LogP contribution in [-0.2, 0) is 20.4 Å². The number of hydrogen-bond donors (Lipinski definition) is 0. The molecule has 0 spiro atoms. The second kappa shape index (κ2) is 7.97. The number of imide groups is 2. The van der Waals surface area contributed by atoms with Crippen LogP contribution in [0.5, 0.6) is 0 Å². The molecule has 0 aromatic heterocycles. The highest BCUT2D eigenvalue weighted by Gasteiger charge is 2.52. The summed E-state index contributed by atoms with van der Waals surface area (Å²) in [5, 5.41) is 0. The van der Waals surface area contributed by atoms with Gasteiger partial charge in [-0.15, -0.1) is 0 Å². The van der Waals surface area contributed by atoms with Gasteiger partial charge >= 0.3 is 6.03 Å². The van der Waals surface area contributed by atoms with E-state index in [1.165, 1.54) is 24.3 Å². The van der Waals surface area contributed by atoms with E-state index in [1.54, 1.807) is 13.8 Å².